The summed E-state index contributed by atoms with van der Waals surface area (Å²) in [4.78, 5) is 17.2. The van der Waals surface area contributed by atoms with Crippen LogP contribution in [0, 0.1) is 0 Å². The Kier molecular flexibility index (Phi) is 6.22. The molecule has 0 unspecified atom stereocenters. The van der Waals surface area contributed by atoms with Crippen LogP contribution in [0.4, 0.5) is 0 Å². The van der Waals surface area contributed by atoms with Gasteiger partial charge in [-0.05, 0) is 49.4 Å². The van der Waals surface area contributed by atoms with Gasteiger partial charge in [0.05, 0.1) is 28.0 Å². The number of halogens is 1. The Labute approximate surface area is 172 Å². The van der Waals surface area contributed by atoms with Crippen LogP contribution in [0.1, 0.15) is 13.3 Å². The highest BCUT2D eigenvalue weighted by Gasteiger charge is 2.16. The first-order valence-electron chi connectivity index (χ1n) is 8.57. The first kappa shape index (κ1) is 20.6. The fourth-order valence-electron chi connectivity index (χ4n) is 2.72. The predicted octanol–water partition coefficient (Wildman–Crippen LogP) is 3.68. The van der Waals surface area contributed by atoms with Gasteiger partial charge in [0.15, 0.2) is 14.6 Å². The molecule has 3 aromatic rings. The van der Waals surface area contributed by atoms with E-state index >= 15 is 0 Å². The van der Waals surface area contributed by atoms with Gasteiger partial charge in [0.25, 0.3) is 0 Å². The Morgan fingerprint density at radius 1 is 1.21 bits per heavy atom. The SMILES string of the molecule is CCn1c(=NC(=O)CCS(=O)(=O)c2ccc(Cl)cc2)sc2cc(OC)ccc21. The Morgan fingerprint density at radius 2 is 1.93 bits per heavy atom. The van der Waals surface area contributed by atoms with Crippen LogP contribution in [0.5, 0.6) is 5.75 Å². The summed E-state index contributed by atoms with van der Waals surface area (Å²) >= 11 is 7.16. The number of benzene rings is 2. The van der Waals surface area contributed by atoms with Crippen molar-refractivity contribution in [2.75, 3.05) is 12.9 Å². The maximum atomic E-state index is 12.4. The standard InChI is InChI=1S/C19H19ClN2O4S2/c1-3-22-16-9-6-14(26-2)12-17(16)27-19(22)21-18(23)10-11-28(24,25)15-7-4-13(20)5-8-15/h4-9,12H,3,10-11H2,1-2H3. The van der Waals surface area contributed by atoms with Crippen LogP contribution in [0.25, 0.3) is 10.2 Å². The predicted molar refractivity (Wildman–Crippen MR) is 111 cm³/mol. The van der Waals surface area contributed by atoms with Crippen molar-refractivity contribution in [3.63, 3.8) is 0 Å². The molecule has 148 valence electrons. The minimum atomic E-state index is -3.57. The van der Waals surface area contributed by atoms with Crippen molar-refractivity contribution in [3.05, 3.63) is 52.3 Å². The number of rotatable bonds is 6. The zero-order valence-electron chi connectivity index (χ0n) is 15.4. The van der Waals surface area contributed by atoms with Crippen molar-refractivity contribution in [1.29, 1.82) is 0 Å². The number of amides is 1. The zero-order valence-corrected chi connectivity index (χ0v) is 17.8. The van der Waals surface area contributed by atoms with Gasteiger partial charge in [-0.25, -0.2) is 8.42 Å². The van der Waals surface area contributed by atoms with Crippen LogP contribution < -0.4 is 9.54 Å². The lowest BCUT2D eigenvalue weighted by Gasteiger charge is -2.03. The molecule has 0 bridgehead atoms. The first-order chi connectivity index (χ1) is 13.3. The maximum absolute atomic E-state index is 12.4. The lowest BCUT2D eigenvalue weighted by atomic mass is 10.3. The van der Waals surface area contributed by atoms with Crippen molar-refractivity contribution < 1.29 is 17.9 Å². The van der Waals surface area contributed by atoms with Gasteiger partial charge < -0.3 is 9.30 Å². The number of thiazole rings is 1. The number of fused-ring (bicyclic) bond motifs is 1. The number of ether oxygens (including phenoxy) is 1. The van der Waals surface area contributed by atoms with Crippen LogP contribution in [0.2, 0.25) is 5.02 Å². The molecular weight excluding hydrogens is 420 g/mol. The van der Waals surface area contributed by atoms with Crippen molar-refractivity contribution in [2.45, 2.75) is 24.8 Å². The van der Waals surface area contributed by atoms with Gasteiger partial charge in [0.2, 0.25) is 5.91 Å². The molecule has 28 heavy (non-hydrogen) atoms. The zero-order chi connectivity index (χ0) is 20.3. The Balaban J connectivity index is 1.83. The molecule has 9 heteroatoms. The van der Waals surface area contributed by atoms with Crippen molar-refractivity contribution in [1.82, 2.24) is 4.57 Å². The van der Waals surface area contributed by atoms with E-state index in [1.54, 1.807) is 7.11 Å². The van der Waals surface area contributed by atoms with E-state index in [9.17, 15) is 13.2 Å². The molecule has 0 saturated heterocycles. The number of nitrogens with zero attached hydrogens (tertiary/aromatic N) is 2. The van der Waals surface area contributed by atoms with Gasteiger partial charge in [-0.3, -0.25) is 4.79 Å². The molecule has 0 aliphatic heterocycles. The normalized spacial score (nSPS) is 12.5. The van der Waals surface area contributed by atoms with Gasteiger partial charge in [-0.15, -0.1) is 0 Å². The smallest absolute Gasteiger partial charge is 0.249 e. The summed E-state index contributed by atoms with van der Waals surface area (Å²) in [7, 11) is -1.98. The third kappa shape index (κ3) is 4.45. The van der Waals surface area contributed by atoms with Gasteiger partial charge in [-0.1, -0.05) is 22.9 Å². The van der Waals surface area contributed by atoms with E-state index in [-0.39, 0.29) is 17.1 Å². The van der Waals surface area contributed by atoms with Crippen LogP contribution in [-0.2, 0) is 21.2 Å². The van der Waals surface area contributed by atoms with E-state index in [1.165, 1.54) is 35.6 Å². The largest absolute Gasteiger partial charge is 0.497 e. The molecule has 0 aliphatic rings. The van der Waals surface area contributed by atoms with Crippen molar-refractivity contribution in [3.8, 4) is 5.75 Å². The summed E-state index contributed by atoms with van der Waals surface area (Å²) in [6.45, 7) is 2.60. The van der Waals surface area contributed by atoms with Gasteiger partial charge >= 0.3 is 0 Å². The fraction of sp³-hybridized carbons (Fsp3) is 0.263. The number of carbonyl (C=O) groups excluding carboxylic acids is 1. The average Bonchev–Trinajstić information content (AvgIpc) is 3.02. The number of aryl methyl sites for hydroxylation is 1. The van der Waals surface area contributed by atoms with Crippen LogP contribution >= 0.6 is 22.9 Å². The summed E-state index contributed by atoms with van der Waals surface area (Å²) < 4.78 is 32.9. The molecule has 0 atom stereocenters. The molecule has 1 aromatic heterocycles. The molecule has 0 fully saturated rings. The number of methoxy groups -OCH3 is 1. The van der Waals surface area contributed by atoms with Gasteiger partial charge in [0, 0.05) is 18.0 Å². The van der Waals surface area contributed by atoms with Gasteiger partial charge in [-0.2, -0.15) is 4.99 Å². The second-order valence-corrected chi connectivity index (χ2v) is 9.55. The second-order valence-electron chi connectivity index (χ2n) is 5.99. The maximum Gasteiger partial charge on any atom is 0.249 e. The monoisotopic (exact) mass is 438 g/mol. The number of aromatic nitrogens is 1. The molecule has 0 spiro atoms. The van der Waals surface area contributed by atoms with E-state index in [2.05, 4.69) is 4.99 Å². The molecule has 0 radical (unpaired) electrons. The number of hydrogen-bond acceptors (Lipinski definition) is 5. The minimum Gasteiger partial charge on any atom is -0.497 e. The molecule has 1 heterocycles. The average molecular weight is 439 g/mol. The van der Waals surface area contributed by atoms with Crippen molar-refractivity contribution in [2.24, 2.45) is 4.99 Å². The number of carbonyl (C=O) groups is 1. The third-order valence-corrected chi connectivity index (χ3v) is 7.21. The van der Waals surface area contributed by atoms with E-state index < -0.39 is 15.7 Å². The lowest BCUT2D eigenvalue weighted by Crippen LogP contribution is -2.17. The van der Waals surface area contributed by atoms with E-state index in [1.807, 2.05) is 29.7 Å². The molecule has 6 nitrogen and oxygen atoms in total. The Hall–Kier alpha value is -2.16. The Morgan fingerprint density at radius 3 is 2.57 bits per heavy atom. The summed E-state index contributed by atoms with van der Waals surface area (Å²) in [6.07, 6.45) is -0.188. The van der Waals surface area contributed by atoms with Crippen LogP contribution in [-0.4, -0.2) is 31.8 Å². The molecule has 1 amide bonds. The lowest BCUT2D eigenvalue weighted by molar-refractivity contribution is -0.117. The highest BCUT2D eigenvalue weighted by molar-refractivity contribution is 7.91. The van der Waals surface area contributed by atoms with Crippen LogP contribution in [0.15, 0.2) is 52.4 Å². The minimum absolute atomic E-state index is 0.141. The highest BCUT2D eigenvalue weighted by atomic mass is 35.5. The first-order valence-corrected chi connectivity index (χ1v) is 11.4. The summed E-state index contributed by atoms with van der Waals surface area (Å²) in [5.74, 6) is -0.0517. The van der Waals surface area contributed by atoms with Crippen LogP contribution in [0.3, 0.4) is 0 Å². The fourth-order valence-corrected chi connectivity index (χ4v) is 5.21. The molecular formula is C19H19ClN2O4S2. The van der Waals surface area contributed by atoms with Crippen molar-refractivity contribution >= 4 is 48.9 Å². The quantitative estimate of drug-likeness (QED) is 0.588. The van der Waals surface area contributed by atoms with Gasteiger partial charge in [0.1, 0.15) is 5.75 Å². The number of sulfone groups is 1. The second kappa shape index (κ2) is 8.46. The number of hydrogen-bond donors (Lipinski definition) is 0. The molecule has 0 N–H and O–H groups in total. The van der Waals surface area contributed by atoms with E-state index in [4.69, 9.17) is 16.3 Å². The summed E-state index contributed by atoms with van der Waals surface area (Å²) in [6, 6.07) is 11.6. The molecule has 2 aromatic carbocycles. The molecule has 3 rings (SSSR count). The topological polar surface area (TPSA) is 77.7 Å². The highest BCUT2D eigenvalue weighted by Crippen LogP contribution is 2.23. The van der Waals surface area contributed by atoms with E-state index in [0.29, 0.717) is 16.4 Å². The molecule has 0 aliphatic carbocycles. The molecule has 0 saturated carbocycles. The third-order valence-electron chi connectivity index (χ3n) is 4.18. The summed E-state index contributed by atoms with van der Waals surface area (Å²) in [5, 5.41) is 0.454. The summed E-state index contributed by atoms with van der Waals surface area (Å²) in [5.41, 5.74) is 0.952. The Bertz CT molecular complexity index is 1180. The van der Waals surface area contributed by atoms with E-state index in [0.717, 1.165) is 16.0 Å².